The van der Waals surface area contributed by atoms with Gasteiger partial charge in [0.1, 0.15) is 48.3 Å². The molecule has 0 radical (unpaired) electrons. The normalized spacial score (nSPS) is 24.8. The minimum atomic E-state index is -1.16. The molecule has 17 nitrogen and oxygen atoms in total. The van der Waals surface area contributed by atoms with Gasteiger partial charge < -0.3 is 47.9 Å². The molecule has 3 aromatic rings. The Hall–Kier alpha value is -4.81. The fraction of sp³-hybridized carbons (Fsp3) is 0.614. The molecule has 10 atom stereocenters. The molecule has 61 heavy (non-hydrogen) atoms. The minimum Gasteiger partial charge on any atom is -0.462 e. The summed E-state index contributed by atoms with van der Waals surface area (Å²) in [5, 5.41) is 10.9. The zero-order valence-electron chi connectivity index (χ0n) is 36.6. The van der Waals surface area contributed by atoms with Crippen LogP contribution in [0.4, 0.5) is 0 Å². The monoisotopic (exact) mass is 853 g/mol. The summed E-state index contributed by atoms with van der Waals surface area (Å²) >= 11 is 0. The van der Waals surface area contributed by atoms with Gasteiger partial charge in [-0.3, -0.25) is 19.2 Å². The predicted molar refractivity (Wildman–Crippen MR) is 223 cm³/mol. The molecule has 1 aliphatic rings. The molecular formula is C44H63N5O12. The lowest BCUT2D eigenvalue weighted by Gasteiger charge is -2.31. The number of fused-ring (bicyclic) bond motifs is 8. The van der Waals surface area contributed by atoms with E-state index in [1.807, 2.05) is 26.8 Å². The van der Waals surface area contributed by atoms with Crippen molar-refractivity contribution in [2.45, 2.75) is 122 Å². The SMILES string of the molecule is CO[C@@H](C[C@@H]1OC(=O)C[C@@H](O)C[C@H](N)CC(=O)[C@H](C)[C@H](OC)c2coc(n2)-c2coc(n2)-c2coc(n2)/C=C\CC[C@H]1C)[C@@H](C)CCC(=O)[C@H](C)[C@@H](C/C=C/N(C)C=O)OC. The summed E-state index contributed by atoms with van der Waals surface area (Å²) in [6, 6.07) is -0.742. The van der Waals surface area contributed by atoms with Crippen LogP contribution in [0.3, 0.4) is 0 Å². The van der Waals surface area contributed by atoms with E-state index in [0.29, 0.717) is 67.9 Å². The van der Waals surface area contributed by atoms with E-state index >= 15 is 0 Å². The van der Waals surface area contributed by atoms with Gasteiger partial charge >= 0.3 is 5.97 Å². The minimum absolute atomic E-state index is 0.0125. The molecule has 4 heterocycles. The Kier molecular flexibility index (Phi) is 19.2. The van der Waals surface area contributed by atoms with E-state index in [0.717, 1.165) is 0 Å². The maximum absolute atomic E-state index is 13.4. The standard InChI is InChI=1S/C44H63N5O12/c1-26-12-9-10-14-40-46-33(23-58-40)43-48-34(24-60-43)44-47-32(22-59-44)42(57-8)29(4)36(53)19-30(45)18-31(51)20-41(54)61-39(26)21-38(56-7)27(2)15-16-35(52)28(3)37(55-6)13-11-17-49(5)25-50/h10-11,14,17,22-31,37-39,42,51H,9,12-13,15-16,18-21,45H2,1-8H3/b14-10-,17-11+/t26-,27+,28+,29+,30+,31+,37-,38+,39+,42+/m1/s1. The molecule has 4 rings (SSSR count). The van der Waals surface area contributed by atoms with Crippen LogP contribution in [-0.4, -0.2) is 108 Å². The highest BCUT2D eigenvalue weighted by Crippen LogP contribution is 2.32. The molecule has 0 saturated heterocycles. The highest BCUT2D eigenvalue weighted by Gasteiger charge is 2.33. The van der Waals surface area contributed by atoms with E-state index in [9.17, 15) is 24.3 Å². The lowest BCUT2D eigenvalue weighted by Crippen LogP contribution is -2.36. The van der Waals surface area contributed by atoms with Crippen molar-refractivity contribution in [2.24, 2.45) is 29.4 Å². The van der Waals surface area contributed by atoms with Gasteiger partial charge in [-0.1, -0.05) is 39.8 Å². The van der Waals surface area contributed by atoms with Crippen molar-refractivity contribution in [3.05, 3.63) is 48.7 Å². The summed E-state index contributed by atoms with van der Waals surface area (Å²) in [5.41, 5.74) is 7.39. The molecule has 0 aliphatic carbocycles. The number of amides is 1. The number of methoxy groups -OCH3 is 3. The van der Waals surface area contributed by atoms with Crippen molar-refractivity contribution in [3.8, 4) is 23.2 Å². The number of cyclic esters (lactones) is 1. The number of aliphatic hydroxyl groups is 1. The zero-order chi connectivity index (χ0) is 44.6. The third-order valence-corrected chi connectivity index (χ3v) is 11.4. The maximum Gasteiger partial charge on any atom is 0.308 e. The van der Waals surface area contributed by atoms with E-state index in [1.54, 1.807) is 46.5 Å². The van der Waals surface area contributed by atoms with Crippen LogP contribution in [0.5, 0.6) is 0 Å². The van der Waals surface area contributed by atoms with Crippen LogP contribution in [0.15, 0.2) is 50.4 Å². The molecule has 1 amide bonds. The number of ketones is 2. The lowest BCUT2D eigenvalue weighted by molar-refractivity contribution is -0.156. The predicted octanol–water partition coefficient (Wildman–Crippen LogP) is 6.12. The number of carbonyl (C=O) groups excluding carboxylic acids is 4. The molecule has 336 valence electrons. The zero-order valence-corrected chi connectivity index (χ0v) is 36.6. The number of hydrogen-bond acceptors (Lipinski definition) is 16. The van der Waals surface area contributed by atoms with Crippen molar-refractivity contribution in [1.82, 2.24) is 19.9 Å². The van der Waals surface area contributed by atoms with Gasteiger partial charge in [-0.05, 0) is 50.0 Å². The average molecular weight is 854 g/mol. The number of nitrogens with zero attached hydrogens (tertiary/aromatic N) is 4. The molecular weight excluding hydrogens is 791 g/mol. The van der Waals surface area contributed by atoms with Gasteiger partial charge in [0.05, 0.1) is 24.7 Å². The molecule has 1 aliphatic heterocycles. The second kappa shape index (κ2) is 24.0. The Morgan fingerprint density at radius 3 is 2.39 bits per heavy atom. The maximum atomic E-state index is 13.4. The van der Waals surface area contributed by atoms with Crippen molar-refractivity contribution in [1.29, 1.82) is 0 Å². The Balaban J connectivity index is 1.49. The number of aliphatic hydroxyl groups excluding tert-OH is 1. The topological polar surface area (TPSA) is 233 Å². The smallest absolute Gasteiger partial charge is 0.308 e. The molecule has 6 bridgehead atoms. The number of allylic oxidation sites excluding steroid dienone is 1. The number of hydrogen-bond donors (Lipinski definition) is 2. The van der Waals surface area contributed by atoms with Gasteiger partial charge in [0.25, 0.3) is 0 Å². The Labute approximate surface area is 357 Å². The van der Waals surface area contributed by atoms with Gasteiger partial charge in [-0.2, -0.15) is 0 Å². The average Bonchev–Trinajstić information content (AvgIpc) is 4.03. The summed E-state index contributed by atoms with van der Waals surface area (Å²) in [6.07, 6.45) is 11.2. The quantitative estimate of drug-likeness (QED) is 0.129. The fourth-order valence-corrected chi connectivity index (χ4v) is 7.41. The van der Waals surface area contributed by atoms with Gasteiger partial charge in [0, 0.05) is 71.7 Å². The van der Waals surface area contributed by atoms with Crippen LogP contribution in [-0.2, 0) is 38.1 Å². The first-order valence-corrected chi connectivity index (χ1v) is 20.8. The van der Waals surface area contributed by atoms with E-state index in [4.69, 9.17) is 37.9 Å². The fourth-order valence-electron chi connectivity index (χ4n) is 7.41. The Morgan fingerprint density at radius 1 is 1.00 bits per heavy atom. The van der Waals surface area contributed by atoms with Crippen LogP contribution in [0, 0.1) is 23.7 Å². The van der Waals surface area contributed by atoms with E-state index in [1.165, 1.54) is 30.8 Å². The third-order valence-electron chi connectivity index (χ3n) is 11.4. The molecule has 17 heteroatoms. The van der Waals surface area contributed by atoms with Crippen LogP contribution in [0.25, 0.3) is 29.2 Å². The largest absolute Gasteiger partial charge is 0.462 e. The van der Waals surface area contributed by atoms with Gasteiger partial charge in [-0.25, -0.2) is 15.0 Å². The number of nitrogens with two attached hydrogens (primary N) is 1. The van der Waals surface area contributed by atoms with Crippen LogP contribution < -0.4 is 5.73 Å². The number of rotatable bonds is 15. The second-order valence-electron chi connectivity index (χ2n) is 16.1. The molecule has 0 unspecified atom stereocenters. The van der Waals surface area contributed by atoms with Crippen LogP contribution in [0.1, 0.15) is 103 Å². The van der Waals surface area contributed by atoms with E-state index < -0.39 is 36.2 Å². The molecule has 0 spiro atoms. The highest BCUT2D eigenvalue weighted by atomic mass is 16.5. The van der Waals surface area contributed by atoms with Gasteiger partial charge in [0.2, 0.25) is 24.1 Å². The summed E-state index contributed by atoms with van der Waals surface area (Å²) in [7, 11) is 6.25. The molecule has 0 aromatic carbocycles. The van der Waals surface area contributed by atoms with Gasteiger partial charge in [-0.15, -0.1) is 0 Å². The first-order chi connectivity index (χ1) is 29.2. The number of ether oxygens (including phenoxy) is 4. The molecule has 0 saturated carbocycles. The summed E-state index contributed by atoms with van der Waals surface area (Å²) < 4.78 is 40.3. The van der Waals surface area contributed by atoms with Crippen molar-refractivity contribution >= 4 is 30.0 Å². The van der Waals surface area contributed by atoms with Gasteiger partial charge in [0.15, 0.2) is 11.4 Å². The number of esters is 1. The molecule has 3 aromatic heterocycles. The van der Waals surface area contributed by atoms with Crippen LogP contribution in [0.2, 0.25) is 0 Å². The van der Waals surface area contributed by atoms with Crippen molar-refractivity contribution in [3.63, 3.8) is 0 Å². The first-order valence-electron chi connectivity index (χ1n) is 20.8. The number of Topliss-reactive ketones (excluding diaryl/α,β-unsaturated/α-hetero) is 2. The number of oxazole rings is 3. The van der Waals surface area contributed by atoms with Crippen molar-refractivity contribution < 1.29 is 56.5 Å². The van der Waals surface area contributed by atoms with Crippen LogP contribution >= 0.6 is 0 Å². The van der Waals surface area contributed by atoms with E-state index in [-0.39, 0.29) is 72.6 Å². The molecule has 0 fully saturated rings. The van der Waals surface area contributed by atoms with Crippen molar-refractivity contribution in [2.75, 3.05) is 28.4 Å². The third kappa shape index (κ3) is 14.4. The highest BCUT2D eigenvalue weighted by molar-refractivity contribution is 5.82. The van der Waals surface area contributed by atoms with E-state index in [2.05, 4.69) is 15.0 Å². The first kappa shape index (κ1) is 48.9. The summed E-state index contributed by atoms with van der Waals surface area (Å²) in [6.45, 7) is 7.53. The Morgan fingerprint density at radius 2 is 1.69 bits per heavy atom. The summed E-state index contributed by atoms with van der Waals surface area (Å²) in [5.74, 6) is -1.36. The number of aromatic nitrogens is 3. The lowest BCUT2D eigenvalue weighted by atomic mass is 9.86. The second-order valence-corrected chi connectivity index (χ2v) is 16.1. The number of carbonyl (C=O) groups is 4. The molecule has 3 N–H and O–H groups in total. The summed E-state index contributed by atoms with van der Waals surface area (Å²) in [4.78, 5) is 65.8. The Bertz CT molecular complexity index is 1900.